The zero-order valence-corrected chi connectivity index (χ0v) is 11.8. The molecule has 2 rings (SSSR count). The van der Waals surface area contributed by atoms with E-state index < -0.39 is 18.9 Å². The Labute approximate surface area is 125 Å². The smallest absolute Gasteiger partial charge is 0.255 e. The largest absolute Gasteiger partial charge is 0.488 e. The van der Waals surface area contributed by atoms with Gasteiger partial charge in [0.1, 0.15) is 12.4 Å². The van der Waals surface area contributed by atoms with Gasteiger partial charge in [0.15, 0.2) is 0 Å². The number of carbonyl (C=O) groups excluding carboxylic acids is 1. The zero-order chi connectivity index (χ0) is 15.4. The van der Waals surface area contributed by atoms with E-state index in [2.05, 4.69) is 0 Å². The Hall–Kier alpha value is -1.66. The van der Waals surface area contributed by atoms with Crippen LogP contribution in [0.5, 0.6) is 5.75 Å². The van der Waals surface area contributed by atoms with Gasteiger partial charge >= 0.3 is 0 Å². The van der Waals surface area contributed by atoms with Gasteiger partial charge in [0.2, 0.25) is 0 Å². The summed E-state index contributed by atoms with van der Waals surface area (Å²) < 4.78 is 30.4. The molecule has 0 unspecified atom stereocenters. The minimum absolute atomic E-state index is 0.00136. The van der Waals surface area contributed by atoms with Crippen LogP contribution in [0.3, 0.4) is 0 Å². The first-order valence-electron chi connectivity index (χ1n) is 6.32. The van der Waals surface area contributed by atoms with Crippen molar-refractivity contribution in [1.29, 1.82) is 0 Å². The number of aliphatic hydroxyl groups is 1. The Morgan fingerprint density at radius 2 is 2.24 bits per heavy atom. The first-order valence-corrected chi connectivity index (χ1v) is 6.70. The Bertz CT molecular complexity index is 563. The molecule has 0 fully saturated rings. The van der Waals surface area contributed by atoms with Gasteiger partial charge < -0.3 is 14.7 Å². The van der Waals surface area contributed by atoms with Crippen LogP contribution in [0.15, 0.2) is 23.8 Å². The molecule has 1 heterocycles. The van der Waals surface area contributed by atoms with Crippen molar-refractivity contribution < 1.29 is 23.4 Å². The molecular formula is C14H14ClF2NO3. The first-order chi connectivity index (χ1) is 10.0. The quantitative estimate of drug-likeness (QED) is 0.906. The number of alkyl halides is 2. The SMILES string of the molecule is O=C(C1=Cc2cc(Cl)ccc2OC1)N(CCO)CC(F)F. The summed E-state index contributed by atoms with van der Waals surface area (Å²) in [6.07, 6.45) is -1.09. The summed E-state index contributed by atoms with van der Waals surface area (Å²) in [4.78, 5) is 13.1. The van der Waals surface area contributed by atoms with Crippen LogP contribution < -0.4 is 4.74 Å². The van der Waals surface area contributed by atoms with Gasteiger partial charge in [-0.05, 0) is 24.3 Å². The Balaban J connectivity index is 2.22. The first kappa shape index (κ1) is 15.7. The van der Waals surface area contributed by atoms with Crippen molar-refractivity contribution in [3.05, 3.63) is 34.4 Å². The summed E-state index contributed by atoms with van der Waals surface area (Å²) in [6.45, 7) is -1.25. The van der Waals surface area contributed by atoms with Crippen molar-refractivity contribution in [2.45, 2.75) is 6.43 Å². The van der Waals surface area contributed by atoms with Crippen molar-refractivity contribution in [3.8, 4) is 5.75 Å². The van der Waals surface area contributed by atoms with E-state index >= 15 is 0 Å². The number of hydrogen-bond donors (Lipinski definition) is 1. The van der Waals surface area contributed by atoms with Gasteiger partial charge in [-0.3, -0.25) is 4.79 Å². The molecule has 1 aliphatic rings. The fraction of sp³-hybridized carbons (Fsp3) is 0.357. The summed E-state index contributed by atoms with van der Waals surface area (Å²) in [5.74, 6) is 0.00786. The molecule has 0 aromatic heterocycles. The molecule has 1 aromatic carbocycles. The molecule has 1 amide bonds. The van der Waals surface area contributed by atoms with Crippen LogP contribution in [0, 0.1) is 0 Å². The monoisotopic (exact) mass is 317 g/mol. The van der Waals surface area contributed by atoms with Gasteiger partial charge in [0, 0.05) is 17.1 Å². The molecule has 0 radical (unpaired) electrons. The molecule has 0 saturated heterocycles. The van der Waals surface area contributed by atoms with Gasteiger partial charge in [-0.25, -0.2) is 8.78 Å². The molecule has 0 saturated carbocycles. The van der Waals surface area contributed by atoms with Gasteiger partial charge in [-0.15, -0.1) is 0 Å². The highest BCUT2D eigenvalue weighted by molar-refractivity contribution is 6.30. The molecule has 0 bridgehead atoms. The van der Waals surface area contributed by atoms with Crippen LogP contribution in [-0.4, -0.2) is 48.6 Å². The standard InChI is InChI=1S/C14H14ClF2NO3/c15-11-1-2-12-9(6-11)5-10(8-21-12)14(20)18(3-4-19)7-13(16)17/h1-2,5-6,13,19H,3-4,7-8H2. The van der Waals surface area contributed by atoms with E-state index in [4.69, 9.17) is 21.4 Å². The van der Waals surface area contributed by atoms with E-state index in [1.54, 1.807) is 24.3 Å². The Morgan fingerprint density at radius 3 is 2.90 bits per heavy atom. The maximum absolute atomic E-state index is 12.5. The minimum Gasteiger partial charge on any atom is -0.488 e. The van der Waals surface area contributed by atoms with Crippen molar-refractivity contribution in [1.82, 2.24) is 4.90 Å². The van der Waals surface area contributed by atoms with Crippen molar-refractivity contribution in [3.63, 3.8) is 0 Å². The second-order valence-electron chi connectivity index (χ2n) is 4.51. The number of carbonyl (C=O) groups is 1. The summed E-state index contributed by atoms with van der Waals surface area (Å²) in [7, 11) is 0. The average molecular weight is 318 g/mol. The topological polar surface area (TPSA) is 49.8 Å². The normalized spacial score (nSPS) is 13.5. The number of aliphatic hydroxyl groups excluding tert-OH is 1. The number of hydrogen-bond acceptors (Lipinski definition) is 3. The Kier molecular flexibility index (Phi) is 5.14. The van der Waals surface area contributed by atoms with Crippen LogP contribution >= 0.6 is 11.6 Å². The van der Waals surface area contributed by atoms with Crippen LogP contribution in [0.25, 0.3) is 6.08 Å². The number of benzene rings is 1. The van der Waals surface area contributed by atoms with E-state index in [0.29, 0.717) is 16.3 Å². The van der Waals surface area contributed by atoms with Gasteiger partial charge in [-0.2, -0.15) is 0 Å². The summed E-state index contributed by atoms with van der Waals surface area (Å²) >= 11 is 5.87. The summed E-state index contributed by atoms with van der Waals surface area (Å²) in [5, 5.41) is 9.37. The molecule has 7 heteroatoms. The van der Waals surface area contributed by atoms with Gasteiger partial charge in [-0.1, -0.05) is 11.6 Å². The molecular weight excluding hydrogens is 304 g/mol. The van der Waals surface area contributed by atoms with Crippen LogP contribution in [-0.2, 0) is 4.79 Å². The van der Waals surface area contributed by atoms with Crippen molar-refractivity contribution >= 4 is 23.6 Å². The lowest BCUT2D eigenvalue weighted by molar-refractivity contribution is -0.129. The number of rotatable bonds is 5. The second-order valence-corrected chi connectivity index (χ2v) is 4.94. The highest BCUT2D eigenvalue weighted by Crippen LogP contribution is 2.29. The fourth-order valence-electron chi connectivity index (χ4n) is 2.04. The van der Waals surface area contributed by atoms with E-state index in [1.807, 2.05) is 0 Å². The number of fused-ring (bicyclic) bond motifs is 1. The molecule has 0 atom stereocenters. The maximum Gasteiger partial charge on any atom is 0.255 e. The summed E-state index contributed by atoms with van der Waals surface area (Å²) in [6, 6.07) is 4.98. The third-order valence-corrected chi connectivity index (χ3v) is 3.21. The molecule has 114 valence electrons. The van der Waals surface area contributed by atoms with Crippen molar-refractivity contribution in [2.24, 2.45) is 0 Å². The molecule has 1 aliphatic heterocycles. The molecule has 0 aliphatic carbocycles. The number of amides is 1. The third kappa shape index (κ3) is 3.92. The molecule has 21 heavy (non-hydrogen) atoms. The molecule has 4 nitrogen and oxygen atoms in total. The third-order valence-electron chi connectivity index (χ3n) is 2.97. The van der Waals surface area contributed by atoms with Crippen molar-refractivity contribution in [2.75, 3.05) is 26.3 Å². The zero-order valence-electron chi connectivity index (χ0n) is 11.1. The predicted molar refractivity (Wildman–Crippen MR) is 74.6 cm³/mol. The molecule has 0 spiro atoms. The average Bonchev–Trinajstić information content (AvgIpc) is 2.44. The second kappa shape index (κ2) is 6.87. The lowest BCUT2D eigenvalue weighted by atomic mass is 10.1. The Morgan fingerprint density at radius 1 is 1.48 bits per heavy atom. The fourth-order valence-corrected chi connectivity index (χ4v) is 2.22. The minimum atomic E-state index is -2.66. The highest BCUT2D eigenvalue weighted by Gasteiger charge is 2.24. The number of nitrogens with zero attached hydrogens (tertiary/aromatic N) is 1. The molecule has 1 N–H and O–H groups in total. The van der Waals surface area contributed by atoms with Crippen LogP contribution in [0.2, 0.25) is 5.02 Å². The van der Waals surface area contributed by atoms with E-state index in [9.17, 15) is 13.6 Å². The van der Waals surface area contributed by atoms with Gasteiger partial charge in [0.25, 0.3) is 12.3 Å². The summed E-state index contributed by atoms with van der Waals surface area (Å²) in [5.41, 5.74) is 0.872. The van der Waals surface area contributed by atoms with E-state index in [0.717, 1.165) is 4.90 Å². The van der Waals surface area contributed by atoms with Crippen LogP contribution in [0.4, 0.5) is 8.78 Å². The molecule has 1 aromatic rings. The number of ether oxygens (including phenoxy) is 1. The lowest BCUT2D eigenvalue weighted by Gasteiger charge is -2.25. The van der Waals surface area contributed by atoms with Crippen LogP contribution in [0.1, 0.15) is 5.56 Å². The predicted octanol–water partition coefficient (Wildman–Crippen LogP) is 2.20. The van der Waals surface area contributed by atoms with Gasteiger partial charge in [0.05, 0.1) is 18.7 Å². The lowest BCUT2D eigenvalue weighted by Crippen LogP contribution is -2.39. The highest BCUT2D eigenvalue weighted by atomic mass is 35.5. The van der Waals surface area contributed by atoms with E-state index in [-0.39, 0.29) is 25.3 Å². The van der Waals surface area contributed by atoms with E-state index in [1.165, 1.54) is 0 Å². The number of halogens is 3. The maximum atomic E-state index is 12.5.